The van der Waals surface area contributed by atoms with E-state index in [0.717, 1.165) is 32.0 Å². The van der Waals surface area contributed by atoms with Gasteiger partial charge in [0, 0.05) is 55.2 Å². The highest BCUT2D eigenvalue weighted by Crippen LogP contribution is 2.24. The van der Waals surface area contributed by atoms with Gasteiger partial charge in [-0.25, -0.2) is 9.59 Å². The number of morpholine rings is 2. The molecule has 0 spiro atoms. The van der Waals surface area contributed by atoms with Crippen molar-refractivity contribution in [3.63, 3.8) is 0 Å². The molecule has 2 aromatic carbocycles. The van der Waals surface area contributed by atoms with Crippen LogP contribution < -0.4 is 16.1 Å². The highest BCUT2D eigenvalue weighted by molar-refractivity contribution is 5.94. The van der Waals surface area contributed by atoms with Crippen LogP contribution in [0, 0.1) is 0 Å². The van der Waals surface area contributed by atoms with Gasteiger partial charge in [-0.05, 0) is 24.3 Å². The molecule has 0 aliphatic carbocycles. The maximum atomic E-state index is 11.9. The van der Waals surface area contributed by atoms with Gasteiger partial charge in [0.25, 0.3) is 0 Å². The number of benzene rings is 2. The Morgan fingerprint density at radius 2 is 1.60 bits per heavy atom. The highest BCUT2D eigenvalue weighted by atomic mass is 16.5. The normalized spacial score (nSPS) is 15.9. The third kappa shape index (κ3) is 7.22. The first-order chi connectivity index (χ1) is 16.9. The van der Waals surface area contributed by atoms with Crippen molar-refractivity contribution in [3.05, 3.63) is 47.5 Å². The van der Waals surface area contributed by atoms with E-state index in [4.69, 9.17) is 20.4 Å². The zero-order valence-electron chi connectivity index (χ0n) is 19.1. The molecule has 2 fully saturated rings. The topological polar surface area (TPSA) is 170 Å². The molecule has 188 valence electrons. The summed E-state index contributed by atoms with van der Waals surface area (Å²) < 4.78 is 10.4. The Labute approximate surface area is 202 Å². The Kier molecular flexibility index (Phi) is 9.09. The van der Waals surface area contributed by atoms with Crippen LogP contribution in [0.25, 0.3) is 0 Å². The maximum absolute atomic E-state index is 11.9. The number of carboxylic acids is 1. The van der Waals surface area contributed by atoms with E-state index < -0.39 is 5.97 Å². The number of carbonyl (C=O) groups is 2. The number of nitrogens with one attached hydrogen (secondary N) is 1. The van der Waals surface area contributed by atoms with Gasteiger partial charge < -0.3 is 45.8 Å². The summed E-state index contributed by atoms with van der Waals surface area (Å²) in [5.41, 5.74) is 1.76. The van der Waals surface area contributed by atoms with E-state index in [1.807, 2.05) is 6.07 Å². The zero-order chi connectivity index (χ0) is 25.2. The van der Waals surface area contributed by atoms with Crippen molar-refractivity contribution in [3.8, 4) is 11.5 Å². The molecule has 2 aromatic rings. The average Bonchev–Trinajstić information content (AvgIpc) is 2.86. The lowest BCUT2D eigenvalue weighted by Gasteiger charge is -2.29. The smallest absolute Gasteiger partial charge is 0.339 e. The summed E-state index contributed by atoms with van der Waals surface area (Å²) in [5.74, 6) is 3.63. The molecule has 0 bridgehead atoms. The lowest BCUT2D eigenvalue weighted by Crippen LogP contribution is -2.43. The average molecular weight is 488 g/mol. The van der Waals surface area contributed by atoms with Crippen molar-refractivity contribution in [2.75, 3.05) is 62.8 Å². The van der Waals surface area contributed by atoms with Crippen LogP contribution in [0.3, 0.4) is 0 Å². The second-order valence-electron chi connectivity index (χ2n) is 7.69. The quantitative estimate of drug-likeness (QED) is 0.243. The summed E-state index contributed by atoms with van der Waals surface area (Å²) in [6.45, 7) is 5.16. The molecule has 12 nitrogen and oxygen atoms in total. The van der Waals surface area contributed by atoms with Crippen LogP contribution in [0.15, 0.2) is 41.5 Å². The second-order valence-corrected chi connectivity index (χ2v) is 7.69. The first-order valence-electron chi connectivity index (χ1n) is 11.0. The largest absolute Gasteiger partial charge is 0.507 e. The Morgan fingerprint density at radius 1 is 0.943 bits per heavy atom. The van der Waals surface area contributed by atoms with Gasteiger partial charge in [-0.15, -0.1) is 0 Å². The summed E-state index contributed by atoms with van der Waals surface area (Å²) in [6.07, 6.45) is 1.43. The van der Waals surface area contributed by atoms with E-state index in [1.165, 1.54) is 24.4 Å². The van der Waals surface area contributed by atoms with Crippen molar-refractivity contribution in [2.24, 2.45) is 10.9 Å². The molecular formula is C23H29N5O7. The third-order valence-corrected chi connectivity index (χ3v) is 5.38. The van der Waals surface area contributed by atoms with Gasteiger partial charge in [-0.3, -0.25) is 0 Å². The van der Waals surface area contributed by atoms with Crippen LogP contribution in [0.4, 0.5) is 16.2 Å². The van der Waals surface area contributed by atoms with Gasteiger partial charge in [0.1, 0.15) is 17.1 Å². The standard InChI is InChI=1S/C12H14N2O5.C11H15N3O2/c15-10-7-8(1-2-9(10)11(16)17)13-12(18)14-3-5-19-6-4-14;12-13-8-9-1-2-10(7-11(9)15)14-3-5-16-6-4-14/h1-2,7,15H,3-6H2,(H,13,18)(H,16,17);1-2,7-8,15H,3-6,12H2/b;13-8-. The summed E-state index contributed by atoms with van der Waals surface area (Å²) >= 11 is 0. The number of phenolic OH excluding ortho intramolecular Hbond substituents is 1. The number of ether oxygens (including phenoxy) is 2. The van der Waals surface area contributed by atoms with Crippen molar-refractivity contribution in [1.29, 1.82) is 0 Å². The second kappa shape index (κ2) is 12.4. The van der Waals surface area contributed by atoms with Crippen LogP contribution in [0.2, 0.25) is 0 Å². The van der Waals surface area contributed by atoms with E-state index >= 15 is 0 Å². The maximum Gasteiger partial charge on any atom is 0.339 e. The minimum atomic E-state index is -1.22. The van der Waals surface area contributed by atoms with Crippen LogP contribution >= 0.6 is 0 Å². The molecule has 0 saturated carbocycles. The van der Waals surface area contributed by atoms with E-state index in [1.54, 1.807) is 17.0 Å². The van der Waals surface area contributed by atoms with E-state index in [9.17, 15) is 19.8 Å². The minimum Gasteiger partial charge on any atom is -0.507 e. The van der Waals surface area contributed by atoms with E-state index in [2.05, 4.69) is 15.3 Å². The van der Waals surface area contributed by atoms with Crippen LogP contribution in [-0.2, 0) is 9.47 Å². The number of hydrogen-bond acceptors (Lipinski definition) is 9. The first kappa shape index (κ1) is 25.6. The molecular weight excluding hydrogens is 458 g/mol. The van der Waals surface area contributed by atoms with Gasteiger partial charge >= 0.3 is 12.0 Å². The fourth-order valence-corrected chi connectivity index (χ4v) is 3.50. The Morgan fingerprint density at radius 3 is 2.17 bits per heavy atom. The predicted octanol–water partition coefficient (Wildman–Crippen LogP) is 1.48. The van der Waals surface area contributed by atoms with Crippen molar-refractivity contribution in [1.82, 2.24) is 4.90 Å². The molecule has 0 aromatic heterocycles. The van der Waals surface area contributed by atoms with Gasteiger partial charge in [0.2, 0.25) is 0 Å². The lowest BCUT2D eigenvalue weighted by molar-refractivity contribution is 0.0564. The molecule has 0 atom stereocenters. The Bertz CT molecular complexity index is 1050. The number of phenols is 2. The molecule has 6 N–H and O–H groups in total. The first-order valence-corrected chi connectivity index (χ1v) is 11.0. The number of urea groups is 1. The molecule has 35 heavy (non-hydrogen) atoms. The molecule has 2 heterocycles. The van der Waals surface area contributed by atoms with Crippen molar-refractivity contribution >= 4 is 29.6 Å². The molecule has 2 amide bonds. The molecule has 2 aliphatic rings. The number of anilines is 2. The molecule has 12 heteroatoms. The molecule has 0 radical (unpaired) electrons. The van der Waals surface area contributed by atoms with E-state index in [-0.39, 0.29) is 23.1 Å². The molecule has 0 unspecified atom stereocenters. The molecule has 2 aliphatic heterocycles. The van der Waals surface area contributed by atoms with Gasteiger partial charge in [-0.2, -0.15) is 5.10 Å². The lowest BCUT2D eigenvalue weighted by atomic mass is 10.2. The zero-order valence-corrected chi connectivity index (χ0v) is 19.1. The van der Waals surface area contributed by atoms with Gasteiger partial charge in [-0.1, -0.05) is 0 Å². The minimum absolute atomic E-state index is 0.193. The number of nitrogens with two attached hydrogens (primary N) is 1. The number of carboxylic acid groups (broad SMARTS) is 1. The highest BCUT2D eigenvalue weighted by Gasteiger charge is 2.18. The summed E-state index contributed by atoms with van der Waals surface area (Å²) in [4.78, 5) is 26.4. The summed E-state index contributed by atoms with van der Waals surface area (Å²) in [7, 11) is 0. The van der Waals surface area contributed by atoms with Crippen LogP contribution in [0.5, 0.6) is 11.5 Å². The van der Waals surface area contributed by atoms with E-state index in [0.29, 0.717) is 37.6 Å². The Balaban J connectivity index is 0.000000198. The number of rotatable bonds is 4. The van der Waals surface area contributed by atoms with Crippen LogP contribution in [-0.4, -0.2) is 91.0 Å². The number of hydrogen-bond donors (Lipinski definition) is 5. The van der Waals surface area contributed by atoms with Gasteiger partial charge in [0.05, 0.1) is 32.6 Å². The number of aromatic carboxylic acids is 1. The number of carbonyl (C=O) groups excluding carboxylic acids is 1. The summed E-state index contributed by atoms with van der Waals surface area (Å²) in [5, 5.41) is 34.0. The summed E-state index contributed by atoms with van der Waals surface area (Å²) in [6, 6.07) is 9.06. The van der Waals surface area contributed by atoms with Gasteiger partial charge in [0.15, 0.2) is 0 Å². The number of aromatic hydroxyl groups is 2. The SMILES string of the molecule is N/N=C\c1ccc(N2CCOCC2)cc1O.O=C(O)c1ccc(NC(=O)N2CCOCC2)cc1O. The van der Waals surface area contributed by atoms with Crippen molar-refractivity contribution in [2.45, 2.75) is 0 Å². The number of nitrogens with zero attached hydrogens (tertiary/aromatic N) is 3. The molecule has 2 saturated heterocycles. The third-order valence-electron chi connectivity index (χ3n) is 5.38. The van der Waals surface area contributed by atoms with Crippen molar-refractivity contribution < 1.29 is 34.4 Å². The fraction of sp³-hybridized carbons (Fsp3) is 0.348. The Hall–Kier alpha value is -4.03. The molecule has 4 rings (SSSR count). The number of hydrazone groups is 1. The monoisotopic (exact) mass is 487 g/mol. The van der Waals surface area contributed by atoms with Crippen LogP contribution in [0.1, 0.15) is 15.9 Å². The number of amides is 2. The fourth-order valence-electron chi connectivity index (χ4n) is 3.50. The predicted molar refractivity (Wildman–Crippen MR) is 129 cm³/mol.